The highest BCUT2D eigenvalue weighted by molar-refractivity contribution is 5.65. The van der Waals surface area contributed by atoms with Gasteiger partial charge in [-0.15, -0.1) is 0 Å². The number of anilines is 2. The maximum atomic E-state index is 8.99. The number of hydrogen-bond donors (Lipinski definition) is 0. The molecule has 4 nitrogen and oxygen atoms in total. The highest BCUT2D eigenvalue weighted by atomic mass is 15.4. The van der Waals surface area contributed by atoms with E-state index in [9.17, 15) is 0 Å². The summed E-state index contributed by atoms with van der Waals surface area (Å²) in [6, 6.07) is 17.6. The molecule has 0 fully saturated rings. The number of nitrogens with zero attached hydrogens (tertiary/aromatic N) is 4. The van der Waals surface area contributed by atoms with Crippen molar-refractivity contribution in [3.8, 4) is 12.1 Å². The molecule has 0 unspecified atom stereocenters. The van der Waals surface area contributed by atoms with Crippen LogP contribution in [0, 0.1) is 29.6 Å². The maximum absolute atomic E-state index is 8.99. The van der Waals surface area contributed by atoms with Crippen LogP contribution in [0.1, 0.15) is 23.6 Å². The van der Waals surface area contributed by atoms with E-state index in [-0.39, 0.29) is 6.17 Å². The van der Waals surface area contributed by atoms with Gasteiger partial charge >= 0.3 is 0 Å². The molecule has 0 spiro atoms. The molecule has 112 valence electrons. The molecule has 1 aliphatic heterocycles. The van der Waals surface area contributed by atoms with E-state index in [1.807, 2.05) is 61.8 Å². The Bertz CT molecular complexity index is 837. The summed E-state index contributed by atoms with van der Waals surface area (Å²) in [5, 5.41) is 17.9. The summed E-state index contributed by atoms with van der Waals surface area (Å²) in [6.07, 6.45) is 4.19. The average Bonchev–Trinajstić information content (AvgIpc) is 2.96. The second-order valence-electron chi connectivity index (χ2n) is 5.52. The predicted molar refractivity (Wildman–Crippen MR) is 90.6 cm³/mol. The van der Waals surface area contributed by atoms with Crippen molar-refractivity contribution in [2.75, 3.05) is 9.80 Å². The Hall–Kier alpha value is -3.24. The fourth-order valence-electron chi connectivity index (χ4n) is 2.83. The summed E-state index contributed by atoms with van der Waals surface area (Å²) in [6.45, 7) is 4.14. The van der Waals surface area contributed by atoms with Crippen LogP contribution in [0.5, 0.6) is 0 Å². The maximum Gasteiger partial charge on any atom is 0.107 e. The molecule has 0 saturated heterocycles. The lowest BCUT2D eigenvalue weighted by Crippen LogP contribution is -2.36. The monoisotopic (exact) mass is 300 g/mol. The number of nitriles is 2. The van der Waals surface area contributed by atoms with Crippen LogP contribution in [0.2, 0.25) is 0 Å². The fourth-order valence-corrected chi connectivity index (χ4v) is 2.83. The second kappa shape index (κ2) is 5.87. The Morgan fingerprint density at radius 3 is 2.09 bits per heavy atom. The minimum absolute atomic E-state index is 0.120. The largest absolute Gasteiger partial charge is 0.326 e. The second-order valence-corrected chi connectivity index (χ2v) is 5.52. The van der Waals surface area contributed by atoms with Crippen LogP contribution in [-0.4, -0.2) is 6.17 Å². The van der Waals surface area contributed by atoms with Crippen LogP contribution < -0.4 is 9.80 Å². The van der Waals surface area contributed by atoms with Gasteiger partial charge in [0.25, 0.3) is 0 Å². The lowest BCUT2D eigenvalue weighted by atomic mass is 10.1. The van der Waals surface area contributed by atoms with Crippen molar-refractivity contribution in [1.82, 2.24) is 0 Å². The van der Waals surface area contributed by atoms with Crippen molar-refractivity contribution < 1.29 is 0 Å². The molecule has 0 N–H and O–H groups in total. The van der Waals surface area contributed by atoms with Gasteiger partial charge in [-0.05, 0) is 61.9 Å². The minimum Gasteiger partial charge on any atom is -0.326 e. The van der Waals surface area contributed by atoms with Gasteiger partial charge < -0.3 is 9.80 Å². The van der Waals surface area contributed by atoms with E-state index in [1.54, 1.807) is 0 Å². The van der Waals surface area contributed by atoms with Crippen molar-refractivity contribution in [2.24, 2.45) is 0 Å². The molecular formula is C19H16N4. The Morgan fingerprint density at radius 2 is 1.48 bits per heavy atom. The molecule has 4 heteroatoms. The molecule has 0 amide bonds. The Balaban J connectivity index is 1.87. The van der Waals surface area contributed by atoms with Gasteiger partial charge in [0.2, 0.25) is 0 Å². The molecule has 0 aromatic heterocycles. The summed E-state index contributed by atoms with van der Waals surface area (Å²) in [5.41, 5.74) is 4.53. The molecule has 0 aliphatic carbocycles. The van der Waals surface area contributed by atoms with E-state index >= 15 is 0 Å². The van der Waals surface area contributed by atoms with E-state index in [4.69, 9.17) is 10.5 Å². The minimum atomic E-state index is 0.120. The molecule has 0 bridgehead atoms. The quantitative estimate of drug-likeness (QED) is 0.844. The third kappa shape index (κ3) is 2.63. The van der Waals surface area contributed by atoms with Crippen LogP contribution in [0.3, 0.4) is 0 Å². The van der Waals surface area contributed by atoms with E-state index in [0.29, 0.717) is 11.1 Å². The molecule has 1 aliphatic rings. The zero-order chi connectivity index (χ0) is 16.4. The lowest BCUT2D eigenvalue weighted by Gasteiger charge is -2.30. The van der Waals surface area contributed by atoms with E-state index in [0.717, 1.165) is 16.9 Å². The molecular weight excluding hydrogens is 284 g/mol. The number of rotatable bonds is 2. The van der Waals surface area contributed by atoms with Crippen LogP contribution in [0.25, 0.3) is 0 Å². The van der Waals surface area contributed by atoms with Gasteiger partial charge in [0.1, 0.15) is 6.17 Å². The third-order valence-corrected chi connectivity index (χ3v) is 4.09. The first kappa shape index (κ1) is 14.7. The first-order chi connectivity index (χ1) is 11.1. The van der Waals surface area contributed by atoms with E-state index < -0.39 is 0 Å². The first-order valence-electron chi connectivity index (χ1n) is 7.40. The normalized spacial score (nSPS) is 16.3. The molecule has 23 heavy (non-hydrogen) atoms. The third-order valence-electron chi connectivity index (χ3n) is 4.09. The molecule has 0 saturated carbocycles. The molecule has 3 rings (SSSR count). The van der Waals surface area contributed by atoms with Gasteiger partial charge in [-0.2, -0.15) is 10.5 Å². The zero-order valence-corrected chi connectivity index (χ0v) is 13.1. The number of hydrogen-bond acceptors (Lipinski definition) is 4. The highest BCUT2D eigenvalue weighted by Gasteiger charge is 2.25. The van der Waals surface area contributed by atoms with Crippen molar-refractivity contribution in [3.05, 3.63) is 71.6 Å². The lowest BCUT2D eigenvalue weighted by molar-refractivity contribution is 0.748. The Labute approximate surface area is 136 Å². The van der Waals surface area contributed by atoms with Crippen molar-refractivity contribution in [1.29, 1.82) is 10.5 Å². The van der Waals surface area contributed by atoms with E-state index in [2.05, 4.69) is 28.9 Å². The average molecular weight is 300 g/mol. The summed E-state index contributed by atoms with van der Waals surface area (Å²) in [5.74, 6) is 0. The SMILES string of the molecule is Cc1cc(C#N)ccc1N1C=CN(c2ccc(C#N)cc2)[C@H]1C. The summed E-state index contributed by atoms with van der Waals surface area (Å²) in [7, 11) is 0. The smallest absolute Gasteiger partial charge is 0.107 e. The summed E-state index contributed by atoms with van der Waals surface area (Å²) >= 11 is 0. The summed E-state index contributed by atoms with van der Waals surface area (Å²) < 4.78 is 0. The molecule has 2 aromatic rings. The van der Waals surface area contributed by atoms with Crippen LogP contribution in [0.15, 0.2) is 54.9 Å². The molecule has 0 radical (unpaired) electrons. The Morgan fingerprint density at radius 1 is 0.870 bits per heavy atom. The first-order valence-corrected chi connectivity index (χ1v) is 7.40. The van der Waals surface area contributed by atoms with Crippen LogP contribution in [-0.2, 0) is 0 Å². The standard InChI is InChI=1S/C19H16N4/c1-14-11-17(13-21)5-8-19(14)23-10-9-22(15(23)2)18-6-3-16(12-20)4-7-18/h3-11,15H,1-2H3/t15-/m1/s1. The molecule has 1 heterocycles. The van der Waals surface area contributed by atoms with Gasteiger partial charge in [-0.1, -0.05) is 0 Å². The zero-order valence-electron chi connectivity index (χ0n) is 13.1. The summed E-state index contributed by atoms with van der Waals surface area (Å²) in [4.78, 5) is 4.33. The van der Waals surface area contributed by atoms with Gasteiger partial charge in [0.05, 0.1) is 23.3 Å². The van der Waals surface area contributed by atoms with Crippen molar-refractivity contribution >= 4 is 11.4 Å². The number of benzene rings is 2. The molecule has 2 aromatic carbocycles. The van der Waals surface area contributed by atoms with Gasteiger partial charge in [0.15, 0.2) is 0 Å². The van der Waals surface area contributed by atoms with Crippen LogP contribution in [0.4, 0.5) is 11.4 Å². The van der Waals surface area contributed by atoms with Gasteiger partial charge in [0, 0.05) is 23.8 Å². The number of aryl methyl sites for hydroxylation is 1. The topological polar surface area (TPSA) is 54.1 Å². The predicted octanol–water partition coefficient (Wildman–Crippen LogP) is 3.88. The van der Waals surface area contributed by atoms with Gasteiger partial charge in [-0.25, -0.2) is 0 Å². The Kier molecular flexibility index (Phi) is 3.75. The van der Waals surface area contributed by atoms with Crippen LogP contribution >= 0.6 is 0 Å². The molecule has 1 atom stereocenters. The highest BCUT2D eigenvalue weighted by Crippen LogP contribution is 2.31. The van der Waals surface area contributed by atoms with Crippen molar-refractivity contribution in [2.45, 2.75) is 20.0 Å². The van der Waals surface area contributed by atoms with E-state index in [1.165, 1.54) is 0 Å². The van der Waals surface area contributed by atoms with Gasteiger partial charge in [-0.3, -0.25) is 0 Å². The van der Waals surface area contributed by atoms with Crippen molar-refractivity contribution in [3.63, 3.8) is 0 Å². The fraction of sp³-hybridized carbons (Fsp3) is 0.158.